The number of urea groups is 1. The standard InChI is InChI=1S/C15H21ClN4O2/c16-14-13(2-1-4-17-14)18-15(21)20-5-3-12(11-20)10-19-6-8-22-9-7-19/h1-2,4,12H,3,5-11H2,(H,18,21)/t12-/m1/s1. The Balaban J connectivity index is 1.49. The van der Waals surface area contributed by atoms with E-state index in [1.807, 2.05) is 4.90 Å². The molecule has 0 saturated carbocycles. The van der Waals surface area contributed by atoms with Crippen molar-refractivity contribution in [2.45, 2.75) is 6.42 Å². The number of ether oxygens (including phenoxy) is 1. The minimum Gasteiger partial charge on any atom is -0.379 e. The molecular weight excluding hydrogens is 304 g/mol. The zero-order valence-electron chi connectivity index (χ0n) is 12.5. The second-order valence-corrected chi connectivity index (χ2v) is 6.14. The second-order valence-electron chi connectivity index (χ2n) is 5.79. The third-order valence-electron chi connectivity index (χ3n) is 4.19. The molecule has 1 atom stereocenters. The lowest BCUT2D eigenvalue weighted by Crippen LogP contribution is -2.40. The van der Waals surface area contributed by atoms with Crippen LogP contribution >= 0.6 is 11.6 Å². The average molecular weight is 325 g/mol. The van der Waals surface area contributed by atoms with Crippen molar-refractivity contribution in [2.75, 3.05) is 51.3 Å². The molecule has 2 aliphatic rings. The predicted molar refractivity (Wildman–Crippen MR) is 85.2 cm³/mol. The molecule has 6 nitrogen and oxygen atoms in total. The van der Waals surface area contributed by atoms with Crippen LogP contribution in [0.3, 0.4) is 0 Å². The highest BCUT2D eigenvalue weighted by atomic mass is 35.5. The Kier molecular flexibility index (Phi) is 5.12. The fourth-order valence-corrected chi connectivity index (χ4v) is 3.16. The van der Waals surface area contributed by atoms with Gasteiger partial charge in [-0.2, -0.15) is 0 Å². The maximum atomic E-state index is 12.3. The molecule has 120 valence electrons. The Labute approximate surface area is 135 Å². The summed E-state index contributed by atoms with van der Waals surface area (Å²) in [7, 11) is 0. The minimum atomic E-state index is -0.0978. The van der Waals surface area contributed by atoms with Gasteiger partial charge < -0.3 is 15.0 Å². The first-order valence-corrected chi connectivity index (χ1v) is 8.07. The van der Waals surface area contributed by atoms with Gasteiger partial charge in [-0.1, -0.05) is 11.6 Å². The van der Waals surface area contributed by atoms with E-state index < -0.39 is 0 Å². The van der Waals surface area contributed by atoms with Crippen LogP contribution in [-0.2, 0) is 4.74 Å². The molecule has 7 heteroatoms. The molecule has 22 heavy (non-hydrogen) atoms. The smallest absolute Gasteiger partial charge is 0.321 e. The summed E-state index contributed by atoms with van der Waals surface area (Å²) in [4.78, 5) is 20.5. The van der Waals surface area contributed by atoms with Gasteiger partial charge in [0.15, 0.2) is 5.15 Å². The third kappa shape index (κ3) is 3.88. The number of carbonyl (C=O) groups is 1. The van der Waals surface area contributed by atoms with Crippen LogP contribution < -0.4 is 5.32 Å². The maximum absolute atomic E-state index is 12.3. The van der Waals surface area contributed by atoms with Gasteiger partial charge in [0, 0.05) is 38.9 Å². The van der Waals surface area contributed by atoms with E-state index in [0.29, 0.717) is 16.8 Å². The lowest BCUT2D eigenvalue weighted by atomic mass is 10.1. The summed E-state index contributed by atoms with van der Waals surface area (Å²) >= 11 is 5.97. The normalized spacial score (nSPS) is 22.8. The van der Waals surface area contributed by atoms with Gasteiger partial charge in [-0.05, 0) is 24.5 Å². The lowest BCUT2D eigenvalue weighted by molar-refractivity contribution is 0.0314. The van der Waals surface area contributed by atoms with Crippen molar-refractivity contribution >= 4 is 23.3 Å². The summed E-state index contributed by atoms with van der Waals surface area (Å²) in [6, 6.07) is 3.42. The number of pyridine rings is 1. The van der Waals surface area contributed by atoms with Gasteiger partial charge in [0.25, 0.3) is 0 Å². The fourth-order valence-electron chi connectivity index (χ4n) is 2.99. The summed E-state index contributed by atoms with van der Waals surface area (Å²) in [5.41, 5.74) is 0.561. The van der Waals surface area contributed by atoms with Crippen LogP contribution in [0.25, 0.3) is 0 Å². The Morgan fingerprint density at radius 2 is 2.23 bits per heavy atom. The Morgan fingerprint density at radius 1 is 1.41 bits per heavy atom. The van der Waals surface area contributed by atoms with Gasteiger partial charge >= 0.3 is 6.03 Å². The van der Waals surface area contributed by atoms with Crippen molar-refractivity contribution in [1.29, 1.82) is 0 Å². The van der Waals surface area contributed by atoms with E-state index in [1.165, 1.54) is 0 Å². The molecule has 1 aromatic rings. The number of halogens is 1. The molecular formula is C15H21ClN4O2. The van der Waals surface area contributed by atoms with Crippen LogP contribution in [0.5, 0.6) is 0 Å². The Bertz CT molecular complexity index is 522. The molecule has 1 aromatic heterocycles. The number of nitrogens with zero attached hydrogens (tertiary/aromatic N) is 3. The summed E-state index contributed by atoms with van der Waals surface area (Å²) in [5, 5.41) is 3.15. The molecule has 2 fully saturated rings. The molecule has 3 heterocycles. The van der Waals surface area contributed by atoms with Crippen molar-refractivity contribution in [3.63, 3.8) is 0 Å². The highest BCUT2D eigenvalue weighted by Crippen LogP contribution is 2.21. The number of hydrogen-bond acceptors (Lipinski definition) is 4. The fraction of sp³-hybridized carbons (Fsp3) is 0.600. The largest absolute Gasteiger partial charge is 0.379 e. The molecule has 0 spiro atoms. The first-order valence-electron chi connectivity index (χ1n) is 7.69. The number of hydrogen-bond donors (Lipinski definition) is 1. The molecule has 3 rings (SSSR count). The topological polar surface area (TPSA) is 57.7 Å². The minimum absolute atomic E-state index is 0.0978. The molecule has 1 N–H and O–H groups in total. The highest BCUT2D eigenvalue weighted by Gasteiger charge is 2.28. The van der Waals surface area contributed by atoms with Gasteiger partial charge in [-0.3, -0.25) is 4.90 Å². The third-order valence-corrected chi connectivity index (χ3v) is 4.50. The molecule has 2 saturated heterocycles. The van der Waals surface area contributed by atoms with Crippen LogP contribution in [0.4, 0.5) is 10.5 Å². The van der Waals surface area contributed by atoms with E-state index in [4.69, 9.17) is 16.3 Å². The molecule has 2 aliphatic heterocycles. The summed E-state index contributed by atoms with van der Waals surface area (Å²) < 4.78 is 5.37. The zero-order chi connectivity index (χ0) is 15.4. The molecule has 0 aliphatic carbocycles. The van der Waals surface area contributed by atoms with Gasteiger partial charge in [-0.15, -0.1) is 0 Å². The Hall–Kier alpha value is -1.37. The van der Waals surface area contributed by atoms with Crippen LogP contribution in [-0.4, -0.2) is 66.8 Å². The lowest BCUT2D eigenvalue weighted by Gasteiger charge is -2.29. The number of amides is 2. The molecule has 0 radical (unpaired) electrons. The monoisotopic (exact) mass is 324 g/mol. The van der Waals surface area contributed by atoms with Crippen LogP contribution in [0.1, 0.15) is 6.42 Å². The SMILES string of the molecule is O=C(Nc1cccnc1Cl)N1CC[C@H](CN2CCOCC2)C1. The van der Waals surface area contributed by atoms with Gasteiger partial charge in [0.05, 0.1) is 18.9 Å². The number of carbonyl (C=O) groups excluding carboxylic acids is 1. The highest BCUT2D eigenvalue weighted by molar-refractivity contribution is 6.32. The van der Waals surface area contributed by atoms with Gasteiger partial charge in [-0.25, -0.2) is 9.78 Å². The first kappa shape index (κ1) is 15.5. The molecule has 0 aromatic carbocycles. The van der Waals surface area contributed by atoms with Crippen molar-refractivity contribution in [3.8, 4) is 0 Å². The molecule has 2 amide bonds. The predicted octanol–water partition coefficient (Wildman–Crippen LogP) is 1.92. The zero-order valence-corrected chi connectivity index (χ0v) is 13.3. The van der Waals surface area contributed by atoms with E-state index in [-0.39, 0.29) is 6.03 Å². The summed E-state index contributed by atoms with van der Waals surface area (Å²) in [5.74, 6) is 0.535. The summed E-state index contributed by atoms with van der Waals surface area (Å²) in [6.45, 7) is 6.25. The van der Waals surface area contributed by atoms with Crippen LogP contribution in [0, 0.1) is 5.92 Å². The van der Waals surface area contributed by atoms with E-state index >= 15 is 0 Å². The number of nitrogens with one attached hydrogen (secondary N) is 1. The summed E-state index contributed by atoms with van der Waals surface area (Å²) in [6.07, 6.45) is 2.65. The number of morpholine rings is 1. The molecule has 0 bridgehead atoms. The number of aromatic nitrogens is 1. The Morgan fingerprint density at radius 3 is 3.00 bits per heavy atom. The van der Waals surface area contributed by atoms with E-state index in [0.717, 1.165) is 52.4 Å². The van der Waals surface area contributed by atoms with Crippen molar-refractivity contribution < 1.29 is 9.53 Å². The van der Waals surface area contributed by atoms with E-state index in [1.54, 1.807) is 18.3 Å². The van der Waals surface area contributed by atoms with Gasteiger partial charge in [0.2, 0.25) is 0 Å². The van der Waals surface area contributed by atoms with Crippen molar-refractivity contribution in [1.82, 2.24) is 14.8 Å². The number of rotatable bonds is 3. The second kappa shape index (κ2) is 7.26. The van der Waals surface area contributed by atoms with Crippen LogP contribution in [0.15, 0.2) is 18.3 Å². The quantitative estimate of drug-likeness (QED) is 0.863. The van der Waals surface area contributed by atoms with Crippen LogP contribution in [0.2, 0.25) is 5.15 Å². The molecule has 0 unspecified atom stereocenters. The van der Waals surface area contributed by atoms with Gasteiger partial charge in [0.1, 0.15) is 0 Å². The average Bonchev–Trinajstić information content (AvgIpc) is 2.99. The number of anilines is 1. The van der Waals surface area contributed by atoms with Crippen molar-refractivity contribution in [2.24, 2.45) is 5.92 Å². The van der Waals surface area contributed by atoms with E-state index in [9.17, 15) is 4.79 Å². The van der Waals surface area contributed by atoms with Crippen molar-refractivity contribution in [3.05, 3.63) is 23.5 Å². The number of likely N-dealkylation sites (tertiary alicyclic amines) is 1. The maximum Gasteiger partial charge on any atom is 0.321 e. The first-order chi connectivity index (χ1) is 10.7. The van der Waals surface area contributed by atoms with E-state index in [2.05, 4.69) is 15.2 Å².